The summed E-state index contributed by atoms with van der Waals surface area (Å²) >= 11 is 0. The maximum absolute atomic E-state index is 12.9. The summed E-state index contributed by atoms with van der Waals surface area (Å²) in [6.07, 6.45) is 2.84. The van der Waals surface area contributed by atoms with E-state index in [1.54, 1.807) is 7.11 Å². The second-order valence-electron chi connectivity index (χ2n) is 6.73. The van der Waals surface area contributed by atoms with Crippen molar-refractivity contribution in [2.24, 2.45) is 0 Å². The molecule has 0 spiro atoms. The van der Waals surface area contributed by atoms with Crippen LogP contribution in [0.15, 0.2) is 24.3 Å². The van der Waals surface area contributed by atoms with E-state index in [1.165, 1.54) is 0 Å². The Morgan fingerprint density at radius 3 is 2.60 bits per heavy atom. The third kappa shape index (κ3) is 4.32. The Kier molecular flexibility index (Phi) is 6.29. The van der Waals surface area contributed by atoms with E-state index in [1.807, 2.05) is 29.2 Å². The van der Waals surface area contributed by atoms with Crippen molar-refractivity contribution in [3.05, 3.63) is 29.8 Å². The molecule has 6 nitrogen and oxygen atoms in total. The molecule has 2 aliphatic rings. The highest BCUT2D eigenvalue weighted by Crippen LogP contribution is 2.26. The van der Waals surface area contributed by atoms with Crippen LogP contribution in [0.5, 0.6) is 5.75 Å². The highest BCUT2D eigenvalue weighted by atomic mass is 16.5. The van der Waals surface area contributed by atoms with E-state index in [-0.39, 0.29) is 18.1 Å². The number of piperazine rings is 1. The minimum atomic E-state index is -0.211. The zero-order valence-electron chi connectivity index (χ0n) is 14.9. The number of hydrogen-bond acceptors (Lipinski definition) is 5. The van der Waals surface area contributed by atoms with Gasteiger partial charge < -0.3 is 19.5 Å². The predicted octanol–water partition coefficient (Wildman–Crippen LogP) is 1.38. The summed E-state index contributed by atoms with van der Waals surface area (Å²) in [6, 6.07) is 7.65. The van der Waals surface area contributed by atoms with E-state index < -0.39 is 0 Å². The van der Waals surface area contributed by atoms with E-state index in [4.69, 9.17) is 9.47 Å². The van der Waals surface area contributed by atoms with Crippen LogP contribution in [0.4, 0.5) is 0 Å². The van der Waals surface area contributed by atoms with Crippen molar-refractivity contribution >= 4 is 5.91 Å². The molecule has 1 saturated heterocycles. The van der Waals surface area contributed by atoms with Crippen LogP contribution in [-0.4, -0.2) is 79.5 Å². The van der Waals surface area contributed by atoms with Crippen molar-refractivity contribution in [2.45, 2.75) is 31.4 Å². The lowest BCUT2D eigenvalue weighted by atomic mass is 10.1. The van der Waals surface area contributed by atoms with Gasteiger partial charge in [-0.1, -0.05) is 12.1 Å². The van der Waals surface area contributed by atoms with Crippen molar-refractivity contribution in [2.75, 3.05) is 46.5 Å². The molecule has 2 fully saturated rings. The van der Waals surface area contributed by atoms with E-state index >= 15 is 0 Å². The number of hydrogen-bond donors (Lipinski definition) is 1. The molecule has 1 saturated carbocycles. The van der Waals surface area contributed by atoms with Crippen molar-refractivity contribution in [1.82, 2.24) is 9.80 Å². The van der Waals surface area contributed by atoms with Crippen LogP contribution in [0.1, 0.15) is 29.6 Å². The summed E-state index contributed by atoms with van der Waals surface area (Å²) < 4.78 is 10.7. The molecule has 138 valence electrons. The molecule has 0 bridgehead atoms. The monoisotopic (exact) mass is 348 g/mol. The number of amides is 1. The average molecular weight is 348 g/mol. The SMILES string of the molecule is COCCOc1ccccc1C(=O)N1CCN([C@H]2CCC[C@H]2O)CC1. The molecule has 0 radical (unpaired) electrons. The third-order valence-corrected chi connectivity index (χ3v) is 5.18. The molecule has 1 aliphatic carbocycles. The number of benzene rings is 1. The average Bonchev–Trinajstić information content (AvgIpc) is 3.08. The molecule has 1 amide bonds. The summed E-state index contributed by atoms with van der Waals surface area (Å²) in [4.78, 5) is 17.1. The molecule has 6 heteroatoms. The lowest BCUT2D eigenvalue weighted by molar-refractivity contribution is 0.0313. The first kappa shape index (κ1) is 18.2. The van der Waals surface area contributed by atoms with Gasteiger partial charge in [0.2, 0.25) is 0 Å². The van der Waals surface area contributed by atoms with Gasteiger partial charge in [0, 0.05) is 39.3 Å². The quantitative estimate of drug-likeness (QED) is 0.787. The van der Waals surface area contributed by atoms with E-state index in [9.17, 15) is 9.90 Å². The van der Waals surface area contributed by atoms with Gasteiger partial charge in [-0.25, -0.2) is 0 Å². The van der Waals surface area contributed by atoms with Gasteiger partial charge in [0.05, 0.1) is 18.3 Å². The summed E-state index contributed by atoms with van der Waals surface area (Å²) in [6.45, 7) is 3.93. The summed E-state index contributed by atoms with van der Waals surface area (Å²) in [5, 5.41) is 10.1. The van der Waals surface area contributed by atoms with Crippen LogP contribution in [0.3, 0.4) is 0 Å². The fourth-order valence-corrected chi connectivity index (χ4v) is 3.78. The summed E-state index contributed by atoms with van der Waals surface area (Å²) in [5.41, 5.74) is 0.605. The van der Waals surface area contributed by atoms with E-state index in [0.29, 0.717) is 37.6 Å². The van der Waals surface area contributed by atoms with Crippen molar-refractivity contribution in [1.29, 1.82) is 0 Å². The number of carbonyl (C=O) groups excluding carboxylic acids is 1. The van der Waals surface area contributed by atoms with Gasteiger partial charge >= 0.3 is 0 Å². The molecular weight excluding hydrogens is 320 g/mol. The van der Waals surface area contributed by atoms with E-state index in [0.717, 1.165) is 32.4 Å². The fourth-order valence-electron chi connectivity index (χ4n) is 3.78. The molecule has 1 aliphatic heterocycles. The number of nitrogens with zero attached hydrogens (tertiary/aromatic N) is 2. The van der Waals surface area contributed by atoms with E-state index in [2.05, 4.69) is 4.90 Å². The van der Waals surface area contributed by atoms with Gasteiger partial charge in [-0.2, -0.15) is 0 Å². The number of methoxy groups -OCH3 is 1. The second-order valence-corrected chi connectivity index (χ2v) is 6.73. The zero-order valence-corrected chi connectivity index (χ0v) is 14.9. The molecule has 0 aromatic heterocycles. The highest BCUT2D eigenvalue weighted by Gasteiger charge is 2.33. The Morgan fingerprint density at radius 2 is 1.92 bits per heavy atom. The molecule has 2 atom stereocenters. The summed E-state index contributed by atoms with van der Waals surface area (Å²) in [7, 11) is 1.63. The van der Waals surface area contributed by atoms with Gasteiger partial charge in [-0.05, 0) is 31.4 Å². The molecule has 0 unspecified atom stereocenters. The zero-order chi connectivity index (χ0) is 17.6. The number of carbonyl (C=O) groups is 1. The van der Waals surface area contributed by atoms with Crippen molar-refractivity contribution < 1.29 is 19.4 Å². The van der Waals surface area contributed by atoms with Crippen LogP contribution < -0.4 is 4.74 Å². The van der Waals surface area contributed by atoms with Gasteiger partial charge in [0.1, 0.15) is 12.4 Å². The van der Waals surface area contributed by atoms with Crippen LogP contribution in [0.25, 0.3) is 0 Å². The Morgan fingerprint density at radius 1 is 1.16 bits per heavy atom. The first-order chi connectivity index (χ1) is 12.2. The minimum Gasteiger partial charge on any atom is -0.490 e. The standard InChI is InChI=1S/C19H28N2O4/c1-24-13-14-25-18-8-3-2-5-15(18)19(23)21-11-9-20(10-12-21)16-6-4-7-17(16)22/h2-3,5,8,16-17,22H,4,6-7,9-14H2,1H3/t16-,17+/m0/s1. The van der Waals surface area contributed by atoms with Crippen LogP contribution in [0, 0.1) is 0 Å². The van der Waals surface area contributed by atoms with Gasteiger partial charge in [0.25, 0.3) is 5.91 Å². The number of ether oxygens (including phenoxy) is 2. The van der Waals surface area contributed by atoms with Gasteiger partial charge in [-0.3, -0.25) is 9.69 Å². The molecular formula is C19H28N2O4. The topological polar surface area (TPSA) is 62.2 Å². The maximum Gasteiger partial charge on any atom is 0.257 e. The lowest BCUT2D eigenvalue weighted by Gasteiger charge is -2.39. The lowest BCUT2D eigenvalue weighted by Crippen LogP contribution is -2.53. The predicted molar refractivity (Wildman–Crippen MR) is 94.9 cm³/mol. The molecule has 1 heterocycles. The third-order valence-electron chi connectivity index (χ3n) is 5.18. The Bertz CT molecular complexity index is 572. The number of aliphatic hydroxyl groups is 1. The van der Waals surface area contributed by atoms with Gasteiger partial charge in [-0.15, -0.1) is 0 Å². The van der Waals surface area contributed by atoms with Gasteiger partial charge in [0.15, 0.2) is 0 Å². The largest absolute Gasteiger partial charge is 0.490 e. The molecule has 1 N–H and O–H groups in total. The second kappa shape index (κ2) is 8.65. The Labute approximate surface area is 149 Å². The molecule has 1 aromatic carbocycles. The van der Waals surface area contributed by atoms with Crippen LogP contribution in [0.2, 0.25) is 0 Å². The molecule has 1 aromatic rings. The molecule has 25 heavy (non-hydrogen) atoms. The summed E-state index contributed by atoms with van der Waals surface area (Å²) in [5.74, 6) is 0.623. The number of para-hydroxylation sites is 1. The number of rotatable bonds is 6. The first-order valence-electron chi connectivity index (χ1n) is 9.13. The van der Waals surface area contributed by atoms with Crippen LogP contribution >= 0.6 is 0 Å². The van der Waals surface area contributed by atoms with Crippen LogP contribution in [-0.2, 0) is 4.74 Å². The molecule has 3 rings (SSSR count). The smallest absolute Gasteiger partial charge is 0.257 e. The first-order valence-corrected chi connectivity index (χ1v) is 9.13. The Balaban J connectivity index is 1.59. The maximum atomic E-state index is 12.9. The van der Waals surface area contributed by atoms with Crippen molar-refractivity contribution in [3.63, 3.8) is 0 Å². The normalized spacial score (nSPS) is 24.5. The highest BCUT2D eigenvalue weighted by molar-refractivity contribution is 5.97. The van der Waals surface area contributed by atoms with Crippen molar-refractivity contribution in [3.8, 4) is 5.75 Å². The minimum absolute atomic E-state index is 0.0136. The Hall–Kier alpha value is -1.63. The number of aliphatic hydroxyl groups excluding tert-OH is 1. The fraction of sp³-hybridized carbons (Fsp3) is 0.632.